The van der Waals surface area contributed by atoms with E-state index in [2.05, 4.69) is 9.69 Å². The Bertz CT molecular complexity index is 1170. The molecule has 0 aliphatic carbocycles. The Balaban J connectivity index is 2.12. The molecule has 3 aromatic rings. The van der Waals surface area contributed by atoms with Crippen molar-refractivity contribution in [1.82, 2.24) is 9.69 Å². The van der Waals surface area contributed by atoms with E-state index in [-0.39, 0.29) is 16.3 Å². The Hall–Kier alpha value is -3.79. The van der Waals surface area contributed by atoms with Crippen molar-refractivity contribution in [3.8, 4) is 0 Å². The lowest BCUT2D eigenvalue weighted by molar-refractivity contribution is -0.122. The van der Waals surface area contributed by atoms with Crippen LogP contribution in [-0.4, -0.2) is 28.6 Å². The fraction of sp³-hybridized carbons (Fsp3) is 0.250. The average molecular weight is 484 g/mol. The molecule has 0 bridgehead atoms. The molecule has 1 heterocycles. The lowest BCUT2D eigenvalue weighted by Crippen LogP contribution is -2.44. The fourth-order valence-electron chi connectivity index (χ4n) is 3.35. The van der Waals surface area contributed by atoms with Crippen LogP contribution in [0, 0.1) is 11.7 Å². The SMILES string of the molecule is CC(C)CCNC(=O)C(c1ccc(F)cc1)N(C(=O)c1snc(C(N)=O)c1N)c1ccccc1. The first-order valence-corrected chi connectivity index (χ1v) is 11.4. The number of hydrogen-bond acceptors (Lipinski definition) is 6. The molecule has 3 amide bonds. The smallest absolute Gasteiger partial charge is 0.273 e. The average Bonchev–Trinajstić information content (AvgIpc) is 3.19. The van der Waals surface area contributed by atoms with Crippen LogP contribution in [0.25, 0.3) is 0 Å². The number of aromatic nitrogens is 1. The lowest BCUT2D eigenvalue weighted by atomic mass is 10.0. The summed E-state index contributed by atoms with van der Waals surface area (Å²) < 4.78 is 17.6. The second-order valence-corrected chi connectivity index (χ2v) is 8.85. The third-order valence-corrected chi connectivity index (χ3v) is 5.97. The molecule has 2 aromatic carbocycles. The van der Waals surface area contributed by atoms with Crippen molar-refractivity contribution in [1.29, 1.82) is 0 Å². The van der Waals surface area contributed by atoms with Gasteiger partial charge in [0.1, 0.15) is 16.7 Å². The molecule has 10 heteroatoms. The summed E-state index contributed by atoms with van der Waals surface area (Å²) in [5.41, 5.74) is 11.8. The molecule has 0 fully saturated rings. The summed E-state index contributed by atoms with van der Waals surface area (Å²) in [6.45, 7) is 4.47. The van der Waals surface area contributed by atoms with Gasteiger partial charge in [0.25, 0.3) is 11.8 Å². The van der Waals surface area contributed by atoms with E-state index < -0.39 is 29.6 Å². The number of nitrogens with one attached hydrogen (secondary N) is 1. The number of nitrogens with two attached hydrogens (primary N) is 2. The minimum atomic E-state index is -1.14. The van der Waals surface area contributed by atoms with Crippen molar-refractivity contribution in [2.24, 2.45) is 11.7 Å². The van der Waals surface area contributed by atoms with Gasteiger partial charge >= 0.3 is 0 Å². The van der Waals surface area contributed by atoms with Gasteiger partial charge in [0.15, 0.2) is 5.69 Å². The molecule has 1 aromatic heterocycles. The van der Waals surface area contributed by atoms with Gasteiger partial charge in [0, 0.05) is 12.2 Å². The quantitative estimate of drug-likeness (QED) is 0.429. The van der Waals surface area contributed by atoms with Crippen LogP contribution in [0.3, 0.4) is 0 Å². The Labute approximate surface area is 200 Å². The van der Waals surface area contributed by atoms with Crippen LogP contribution in [0.5, 0.6) is 0 Å². The maximum absolute atomic E-state index is 13.8. The number of nitrogens with zero attached hydrogens (tertiary/aromatic N) is 2. The van der Waals surface area contributed by atoms with Crippen molar-refractivity contribution in [3.05, 3.63) is 76.5 Å². The monoisotopic (exact) mass is 483 g/mol. The number of carbonyl (C=O) groups is 3. The number of anilines is 2. The largest absolute Gasteiger partial charge is 0.395 e. The minimum Gasteiger partial charge on any atom is -0.395 e. The summed E-state index contributed by atoms with van der Waals surface area (Å²) in [5, 5.41) is 2.88. The highest BCUT2D eigenvalue weighted by atomic mass is 32.1. The molecule has 0 aliphatic rings. The highest BCUT2D eigenvalue weighted by Crippen LogP contribution is 2.33. The van der Waals surface area contributed by atoms with Crippen LogP contribution >= 0.6 is 11.5 Å². The molecule has 3 rings (SSSR count). The molecular formula is C24H26FN5O3S. The normalized spacial score (nSPS) is 11.8. The molecule has 34 heavy (non-hydrogen) atoms. The molecule has 0 saturated carbocycles. The predicted octanol–water partition coefficient (Wildman–Crippen LogP) is 3.51. The van der Waals surface area contributed by atoms with Gasteiger partial charge in [-0.3, -0.25) is 19.3 Å². The van der Waals surface area contributed by atoms with Crippen molar-refractivity contribution < 1.29 is 18.8 Å². The van der Waals surface area contributed by atoms with Gasteiger partial charge < -0.3 is 16.8 Å². The molecule has 0 saturated heterocycles. The van der Waals surface area contributed by atoms with E-state index in [0.29, 0.717) is 23.7 Å². The number of hydrogen-bond donors (Lipinski definition) is 3. The highest BCUT2D eigenvalue weighted by Gasteiger charge is 2.35. The molecule has 178 valence electrons. The van der Waals surface area contributed by atoms with Crippen molar-refractivity contribution >= 4 is 40.6 Å². The second kappa shape index (κ2) is 10.9. The summed E-state index contributed by atoms with van der Waals surface area (Å²) in [5.74, 6) is -2.05. The fourth-order valence-corrected chi connectivity index (χ4v) is 4.10. The van der Waals surface area contributed by atoms with Crippen LogP contribution < -0.4 is 21.7 Å². The van der Waals surface area contributed by atoms with Gasteiger partial charge in [-0.2, -0.15) is 4.37 Å². The van der Waals surface area contributed by atoms with Crippen LogP contribution in [0.1, 0.15) is 52.0 Å². The number of benzene rings is 2. The summed E-state index contributed by atoms with van der Waals surface area (Å²) in [6, 6.07) is 12.8. The molecule has 0 spiro atoms. The van der Waals surface area contributed by atoms with E-state index >= 15 is 0 Å². The third-order valence-electron chi connectivity index (χ3n) is 5.12. The molecule has 1 atom stereocenters. The highest BCUT2D eigenvalue weighted by molar-refractivity contribution is 7.09. The van der Waals surface area contributed by atoms with E-state index in [1.165, 1.54) is 29.2 Å². The van der Waals surface area contributed by atoms with Crippen LogP contribution in [-0.2, 0) is 4.79 Å². The predicted molar refractivity (Wildman–Crippen MR) is 130 cm³/mol. The Kier molecular flexibility index (Phi) is 7.95. The van der Waals surface area contributed by atoms with Gasteiger partial charge in [0.2, 0.25) is 5.91 Å². The molecule has 1 unspecified atom stereocenters. The number of amides is 3. The van der Waals surface area contributed by atoms with Crippen molar-refractivity contribution in [3.63, 3.8) is 0 Å². The first-order valence-electron chi connectivity index (χ1n) is 10.7. The van der Waals surface area contributed by atoms with Crippen molar-refractivity contribution in [2.45, 2.75) is 26.3 Å². The van der Waals surface area contributed by atoms with E-state index in [0.717, 1.165) is 18.0 Å². The molecule has 5 N–H and O–H groups in total. The summed E-state index contributed by atoms with van der Waals surface area (Å²) >= 11 is 0.725. The van der Waals surface area contributed by atoms with Gasteiger partial charge in [-0.15, -0.1) is 0 Å². The number of halogens is 1. The van der Waals surface area contributed by atoms with Gasteiger partial charge in [-0.25, -0.2) is 4.39 Å². The number of carbonyl (C=O) groups excluding carboxylic acids is 3. The van der Waals surface area contributed by atoms with E-state index in [1.54, 1.807) is 30.3 Å². The standard InChI is InChI=1S/C24H26FN5O3S/c1-14(2)12-13-28-23(32)20(15-8-10-16(25)11-9-15)30(17-6-4-3-5-7-17)24(33)21-18(26)19(22(27)31)29-34-21/h3-11,14,20H,12-13,26H2,1-2H3,(H2,27,31)(H,28,32). The van der Waals surface area contributed by atoms with E-state index in [4.69, 9.17) is 11.5 Å². The second-order valence-electron chi connectivity index (χ2n) is 8.08. The topological polar surface area (TPSA) is 131 Å². The Morgan fingerprint density at radius 2 is 1.74 bits per heavy atom. The zero-order valence-corrected chi connectivity index (χ0v) is 19.6. The van der Waals surface area contributed by atoms with Crippen LogP contribution in [0.2, 0.25) is 0 Å². The maximum atomic E-state index is 13.8. The lowest BCUT2D eigenvalue weighted by Gasteiger charge is -2.31. The maximum Gasteiger partial charge on any atom is 0.273 e. The molecule has 0 aliphatic heterocycles. The van der Waals surface area contributed by atoms with Gasteiger partial charge in [-0.1, -0.05) is 44.2 Å². The van der Waals surface area contributed by atoms with Crippen LogP contribution in [0.4, 0.5) is 15.8 Å². The summed E-state index contributed by atoms with van der Waals surface area (Å²) in [4.78, 5) is 40.1. The third kappa shape index (κ3) is 5.57. The molecule has 0 radical (unpaired) electrons. The number of rotatable bonds is 9. The summed E-state index contributed by atoms with van der Waals surface area (Å²) in [6.07, 6.45) is 0.741. The first-order chi connectivity index (χ1) is 16.2. The van der Waals surface area contributed by atoms with Gasteiger partial charge in [0.05, 0.1) is 5.69 Å². The molecular weight excluding hydrogens is 457 g/mol. The van der Waals surface area contributed by atoms with Crippen molar-refractivity contribution in [2.75, 3.05) is 17.2 Å². The number of nitrogen functional groups attached to an aromatic ring is 1. The Morgan fingerprint density at radius 1 is 1.09 bits per heavy atom. The van der Waals surface area contributed by atoms with E-state index in [9.17, 15) is 18.8 Å². The van der Waals surface area contributed by atoms with Gasteiger partial charge in [-0.05, 0) is 53.7 Å². The summed E-state index contributed by atoms with van der Waals surface area (Å²) in [7, 11) is 0. The zero-order valence-electron chi connectivity index (χ0n) is 18.8. The van der Waals surface area contributed by atoms with E-state index in [1.807, 2.05) is 13.8 Å². The first kappa shape index (κ1) is 24.8. The zero-order chi connectivity index (χ0) is 24.8. The minimum absolute atomic E-state index is 0.0280. The number of primary amides is 1. The number of para-hydroxylation sites is 1. The van der Waals surface area contributed by atoms with Crippen LogP contribution in [0.15, 0.2) is 54.6 Å². The molecule has 8 nitrogen and oxygen atoms in total. The Morgan fingerprint density at radius 3 is 2.29 bits per heavy atom.